The van der Waals surface area contributed by atoms with Crippen molar-refractivity contribution in [3.05, 3.63) is 65.7 Å². The molecule has 0 aliphatic carbocycles. The summed E-state index contributed by atoms with van der Waals surface area (Å²) in [6.45, 7) is 1.30. The number of imidazole rings is 1. The zero-order valence-corrected chi connectivity index (χ0v) is 18.4. The molecule has 0 fully saturated rings. The molecule has 0 radical (unpaired) electrons. The van der Waals surface area contributed by atoms with Gasteiger partial charge in [0.2, 0.25) is 11.9 Å². The van der Waals surface area contributed by atoms with E-state index in [-0.39, 0.29) is 0 Å². The Kier molecular flexibility index (Phi) is 5.59. The molecule has 4 aromatic rings. The Hall–Kier alpha value is -3.66. The number of benzene rings is 2. The second-order valence-electron chi connectivity index (χ2n) is 7.53. The zero-order valence-electron chi connectivity index (χ0n) is 17.7. The fourth-order valence-corrected chi connectivity index (χ4v) is 3.94. The first-order valence-corrected chi connectivity index (χ1v) is 10.7. The van der Waals surface area contributed by atoms with Crippen LogP contribution in [0.2, 0.25) is 5.15 Å². The lowest BCUT2D eigenvalue weighted by Crippen LogP contribution is -2.20. The van der Waals surface area contributed by atoms with Crippen LogP contribution in [0.5, 0.6) is 5.75 Å². The van der Waals surface area contributed by atoms with Crippen LogP contribution in [0.1, 0.15) is 12.8 Å². The third kappa shape index (κ3) is 4.21. The fourth-order valence-electron chi connectivity index (χ4n) is 3.79. The highest BCUT2D eigenvalue weighted by molar-refractivity contribution is 6.29. The predicted octanol–water partition coefficient (Wildman–Crippen LogP) is 5.08. The minimum atomic E-state index is -0.896. The van der Waals surface area contributed by atoms with Crippen molar-refractivity contribution >= 4 is 34.9 Å². The van der Waals surface area contributed by atoms with Gasteiger partial charge in [0.05, 0.1) is 12.8 Å². The smallest absolute Gasteiger partial charge is 0.248 e. The number of halogens is 3. The number of fused-ring (bicyclic) bond motifs is 1. The Balaban J connectivity index is 1.44. The van der Waals surface area contributed by atoms with E-state index in [2.05, 4.69) is 20.4 Å². The molecular weight excluding hydrogens is 452 g/mol. The maximum Gasteiger partial charge on any atom is 0.248 e. The fraction of sp³-hybridized carbons (Fsp3) is 0.227. The van der Waals surface area contributed by atoms with E-state index in [9.17, 15) is 8.78 Å². The van der Waals surface area contributed by atoms with Crippen molar-refractivity contribution < 1.29 is 13.5 Å². The van der Waals surface area contributed by atoms with E-state index < -0.39 is 11.6 Å². The van der Waals surface area contributed by atoms with E-state index in [0.29, 0.717) is 41.6 Å². The lowest BCUT2D eigenvalue weighted by Gasteiger charge is -2.21. The molecule has 8 nitrogen and oxygen atoms in total. The number of hydrogen-bond donors (Lipinski definition) is 1. The van der Waals surface area contributed by atoms with Gasteiger partial charge in [-0.3, -0.25) is 0 Å². The summed E-state index contributed by atoms with van der Waals surface area (Å²) in [7, 11) is 1.58. The molecule has 3 heterocycles. The lowest BCUT2D eigenvalue weighted by atomic mass is 10.2. The highest BCUT2D eigenvalue weighted by Gasteiger charge is 2.22. The molecule has 170 valence electrons. The number of rotatable bonds is 5. The van der Waals surface area contributed by atoms with Gasteiger partial charge >= 0.3 is 0 Å². The summed E-state index contributed by atoms with van der Waals surface area (Å²) in [6, 6.07) is 9.40. The molecular formula is C22H20ClF2N7O. The first-order valence-electron chi connectivity index (χ1n) is 10.3. The quantitative estimate of drug-likeness (QED) is 0.437. The van der Waals surface area contributed by atoms with Crippen molar-refractivity contribution in [3.8, 4) is 11.4 Å². The van der Waals surface area contributed by atoms with Crippen molar-refractivity contribution in [1.29, 1.82) is 0 Å². The number of anilines is 4. The molecule has 1 aliphatic rings. The number of aryl methyl sites for hydroxylation is 1. The number of aromatic nitrogens is 5. The molecule has 11 heteroatoms. The van der Waals surface area contributed by atoms with Gasteiger partial charge in [0, 0.05) is 42.8 Å². The number of nitrogens with zero attached hydrogens (tertiary/aromatic N) is 6. The van der Waals surface area contributed by atoms with Gasteiger partial charge in [-0.05, 0) is 37.1 Å². The molecule has 33 heavy (non-hydrogen) atoms. The summed E-state index contributed by atoms with van der Waals surface area (Å²) in [5.74, 6) is -0.212. The summed E-state index contributed by atoms with van der Waals surface area (Å²) < 4.78 is 36.3. The minimum Gasteiger partial charge on any atom is -0.494 e. The Bertz CT molecular complexity index is 1310. The van der Waals surface area contributed by atoms with Crippen LogP contribution < -0.4 is 15.0 Å². The van der Waals surface area contributed by atoms with Crippen LogP contribution >= 0.6 is 11.6 Å². The number of nitrogens with one attached hydrogen (secondary N) is 1. The van der Waals surface area contributed by atoms with Gasteiger partial charge in [0.15, 0.2) is 11.6 Å². The largest absolute Gasteiger partial charge is 0.494 e. The summed E-state index contributed by atoms with van der Waals surface area (Å²) in [5, 5.41) is 8.15. The Morgan fingerprint density at radius 2 is 1.91 bits per heavy atom. The van der Waals surface area contributed by atoms with E-state index in [0.717, 1.165) is 30.3 Å². The topological polar surface area (TPSA) is 73.0 Å². The molecule has 1 N–H and O–H groups in total. The average Bonchev–Trinajstić information content (AvgIpc) is 3.36. The molecule has 0 unspecified atom stereocenters. The molecule has 0 amide bonds. The molecule has 1 aliphatic heterocycles. The molecule has 2 aromatic heterocycles. The van der Waals surface area contributed by atoms with E-state index in [1.807, 2.05) is 23.1 Å². The van der Waals surface area contributed by atoms with E-state index in [1.54, 1.807) is 34.9 Å². The van der Waals surface area contributed by atoms with Crippen molar-refractivity contribution in [3.63, 3.8) is 0 Å². The maximum absolute atomic E-state index is 13.9. The molecule has 2 aromatic carbocycles. The second kappa shape index (κ2) is 8.70. The van der Waals surface area contributed by atoms with E-state index in [1.165, 1.54) is 6.07 Å². The normalized spacial score (nSPS) is 13.5. The van der Waals surface area contributed by atoms with Gasteiger partial charge in [-0.2, -0.15) is 4.98 Å². The third-order valence-corrected chi connectivity index (χ3v) is 5.57. The van der Waals surface area contributed by atoms with Gasteiger partial charge < -0.3 is 19.5 Å². The minimum absolute atomic E-state index is 0.383. The van der Waals surface area contributed by atoms with Crippen LogP contribution in [-0.4, -0.2) is 38.0 Å². The Morgan fingerprint density at radius 3 is 2.67 bits per heavy atom. The van der Waals surface area contributed by atoms with Crippen molar-refractivity contribution in [2.45, 2.75) is 19.4 Å². The van der Waals surface area contributed by atoms with Crippen molar-refractivity contribution in [2.75, 3.05) is 23.9 Å². The predicted molar refractivity (Wildman–Crippen MR) is 121 cm³/mol. The van der Waals surface area contributed by atoms with Crippen molar-refractivity contribution in [2.24, 2.45) is 0 Å². The standard InChI is InChI=1S/C22H20ClF2N7O/c1-33-19-10-14(4-7-18(19)30-12-20(23)26-13-30)27-21-28-22-31(8-2-3-9-32(22)29-21)15-5-6-16(24)17(25)11-15/h4-7,10-13H,2-3,8-9H2,1H3,(H,27,29). The van der Waals surface area contributed by atoms with Gasteiger partial charge in [-0.25, -0.2) is 18.4 Å². The summed E-state index contributed by atoms with van der Waals surface area (Å²) in [5.41, 5.74) is 2.03. The molecule has 0 bridgehead atoms. The SMILES string of the molecule is COc1cc(Nc2nc3n(n2)CCCCN3c2ccc(F)c(F)c2)ccc1-n1cnc(Cl)c1. The molecule has 0 spiro atoms. The van der Waals surface area contributed by atoms with Gasteiger partial charge in [0.25, 0.3) is 0 Å². The van der Waals surface area contributed by atoms with Crippen LogP contribution in [0.15, 0.2) is 48.9 Å². The van der Waals surface area contributed by atoms with Crippen LogP contribution in [0.3, 0.4) is 0 Å². The van der Waals surface area contributed by atoms with Gasteiger partial charge in [0.1, 0.15) is 17.2 Å². The van der Waals surface area contributed by atoms with Gasteiger partial charge in [-0.1, -0.05) is 11.6 Å². The Morgan fingerprint density at radius 1 is 1.06 bits per heavy atom. The molecule has 0 saturated heterocycles. The van der Waals surface area contributed by atoms with Crippen LogP contribution in [0.4, 0.5) is 32.1 Å². The monoisotopic (exact) mass is 471 g/mol. The Labute approximate surface area is 193 Å². The number of hydrogen-bond acceptors (Lipinski definition) is 6. The van der Waals surface area contributed by atoms with Crippen LogP contribution in [0, 0.1) is 11.6 Å². The number of ether oxygens (including phenoxy) is 1. The second-order valence-corrected chi connectivity index (χ2v) is 7.92. The maximum atomic E-state index is 13.9. The average molecular weight is 472 g/mol. The van der Waals surface area contributed by atoms with Gasteiger partial charge in [-0.15, -0.1) is 5.10 Å². The third-order valence-electron chi connectivity index (χ3n) is 5.38. The summed E-state index contributed by atoms with van der Waals surface area (Å²) in [4.78, 5) is 10.5. The lowest BCUT2D eigenvalue weighted by molar-refractivity contribution is 0.413. The van der Waals surface area contributed by atoms with Crippen LogP contribution in [-0.2, 0) is 6.54 Å². The first kappa shape index (κ1) is 21.2. The summed E-state index contributed by atoms with van der Waals surface area (Å²) >= 11 is 5.93. The first-order chi connectivity index (χ1) is 16.0. The molecule has 0 saturated carbocycles. The molecule has 5 rings (SSSR count). The van der Waals surface area contributed by atoms with Crippen molar-refractivity contribution in [1.82, 2.24) is 24.3 Å². The summed E-state index contributed by atoms with van der Waals surface area (Å²) in [6.07, 6.45) is 5.07. The van der Waals surface area contributed by atoms with E-state index in [4.69, 9.17) is 16.3 Å². The van der Waals surface area contributed by atoms with E-state index >= 15 is 0 Å². The zero-order chi connectivity index (χ0) is 22.9. The highest BCUT2D eigenvalue weighted by atomic mass is 35.5. The highest BCUT2D eigenvalue weighted by Crippen LogP contribution is 2.31. The van der Waals surface area contributed by atoms with Crippen LogP contribution in [0.25, 0.3) is 5.69 Å². The molecule has 0 atom stereocenters. The number of methoxy groups -OCH3 is 1.